The molecule has 2 aromatic heterocycles. The van der Waals surface area contributed by atoms with Crippen LogP contribution in [0, 0.1) is 6.92 Å². The van der Waals surface area contributed by atoms with Crippen molar-refractivity contribution >= 4 is 0 Å². The largest absolute Gasteiger partial charge is 0.437 e. The molecule has 2 aromatic rings. The fraction of sp³-hybridized carbons (Fsp3) is 0.429. The van der Waals surface area contributed by atoms with Crippen LogP contribution < -0.4 is 10.1 Å². The highest BCUT2D eigenvalue weighted by Crippen LogP contribution is 2.26. The molecular formula is C14H20N4O. The molecule has 0 amide bonds. The van der Waals surface area contributed by atoms with E-state index in [0.717, 1.165) is 29.4 Å². The van der Waals surface area contributed by atoms with E-state index in [1.165, 1.54) is 0 Å². The maximum absolute atomic E-state index is 5.89. The van der Waals surface area contributed by atoms with Crippen LogP contribution in [0.2, 0.25) is 0 Å². The average Bonchev–Trinajstić information content (AvgIpc) is 2.63. The quantitative estimate of drug-likeness (QED) is 0.897. The summed E-state index contributed by atoms with van der Waals surface area (Å²) in [7, 11) is 1.89. The Morgan fingerprint density at radius 3 is 2.84 bits per heavy atom. The second kappa shape index (κ2) is 5.84. The van der Waals surface area contributed by atoms with Gasteiger partial charge >= 0.3 is 0 Å². The monoisotopic (exact) mass is 260 g/mol. The topological polar surface area (TPSA) is 52.0 Å². The number of rotatable bonds is 5. The first kappa shape index (κ1) is 13.5. The van der Waals surface area contributed by atoms with Gasteiger partial charge in [-0.2, -0.15) is 5.10 Å². The Bertz CT molecular complexity index is 534. The third kappa shape index (κ3) is 3.32. The summed E-state index contributed by atoms with van der Waals surface area (Å²) >= 11 is 0. The van der Waals surface area contributed by atoms with Crippen LogP contribution in [0.1, 0.15) is 25.1 Å². The molecule has 1 N–H and O–H groups in total. The van der Waals surface area contributed by atoms with Crippen LogP contribution in [0.25, 0.3) is 0 Å². The van der Waals surface area contributed by atoms with Gasteiger partial charge < -0.3 is 10.1 Å². The Morgan fingerprint density at radius 2 is 2.21 bits per heavy atom. The minimum Gasteiger partial charge on any atom is -0.437 e. The molecule has 19 heavy (non-hydrogen) atoms. The van der Waals surface area contributed by atoms with Crippen molar-refractivity contribution in [1.29, 1.82) is 0 Å². The minimum atomic E-state index is 0.422. The first-order valence-corrected chi connectivity index (χ1v) is 6.41. The zero-order valence-electron chi connectivity index (χ0n) is 11.8. The fourth-order valence-electron chi connectivity index (χ4n) is 1.84. The van der Waals surface area contributed by atoms with Crippen molar-refractivity contribution in [3.05, 3.63) is 35.8 Å². The number of pyridine rings is 1. The van der Waals surface area contributed by atoms with E-state index in [4.69, 9.17) is 4.74 Å². The molecule has 0 fully saturated rings. The van der Waals surface area contributed by atoms with Crippen LogP contribution in [0.3, 0.4) is 0 Å². The molecule has 0 unspecified atom stereocenters. The Balaban J connectivity index is 2.23. The molecule has 0 radical (unpaired) electrons. The number of hydrogen-bond donors (Lipinski definition) is 1. The van der Waals surface area contributed by atoms with Gasteiger partial charge in [-0.25, -0.2) is 4.68 Å². The Hall–Kier alpha value is -1.88. The molecule has 0 spiro atoms. The zero-order chi connectivity index (χ0) is 13.8. The highest BCUT2D eigenvalue weighted by Gasteiger charge is 2.15. The number of nitrogens with zero attached hydrogens (tertiary/aromatic N) is 3. The summed E-state index contributed by atoms with van der Waals surface area (Å²) in [6.45, 7) is 6.97. The van der Waals surface area contributed by atoms with Gasteiger partial charge in [-0.1, -0.05) is 13.8 Å². The molecule has 0 aromatic carbocycles. The summed E-state index contributed by atoms with van der Waals surface area (Å²) in [5, 5.41) is 7.81. The first-order valence-electron chi connectivity index (χ1n) is 6.41. The number of ether oxygens (including phenoxy) is 1. The molecule has 102 valence electrons. The lowest BCUT2D eigenvalue weighted by molar-refractivity contribution is 0.421. The maximum atomic E-state index is 5.89. The van der Waals surface area contributed by atoms with E-state index in [9.17, 15) is 0 Å². The van der Waals surface area contributed by atoms with E-state index in [1.807, 2.05) is 26.1 Å². The summed E-state index contributed by atoms with van der Waals surface area (Å²) in [5.74, 6) is 1.48. The van der Waals surface area contributed by atoms with E-state index in [2.05, 4.69) is 29.2 Å². The lowest BCUT2D eigenvalue weighted by atomic mass is 10.2. The van der Waals surface area contributed by atoms with Crippen molar-refractivity contribution in [2.24, 2.45) is 7.05 Å². The van der Waals surface area contributed by atoms with Crippen LogP contribution in [0.4, 0.5) is 0 Å². The molecule has 0 atom stereocenters. The zero-order valence-corrected chi connectivity index (χ0v) is 11.8. The Labute approximate surface area is 113 Å². The SMILES string of the molecule is Cc1nn(C)c(Oc2cccnc2)c1CNC(C)C. The molecule has 0 saturated carbocycles. The van der Waals surface area contributed by atoms with Crippen molar-refractivity contribution < 1.29 is 4.74 Å². The number of hydrogen-bond acceptors (Lipinski definition) is 4. The Kier molecular flexibility index (Phi) is 4.16. The van der Waals surface area contributed by atoms with Crippen LogP contribution in [-0.2, 0) is 13.6 Å². The van der Waals surface area contributed by atoms with Gasteiger partial charge in [0.15, 0.2) is 0 Å². The third-order valence-electron chi connectivity index (χ3n) is 2.82. The van der Waals surface area contributed by atoms with Gasteiger partial charge in [0.1, 0.15) is 5.75 Å². The third-order valence-corrected chi connectivity index (χ3v) is 2.82. The normalized spacial score (nSPS) is 11.0. The van der Waals surface area contributed by atoms with Crippen molar-refractivity contribution in [3.8, 4) is 11.6 Å². The second-order valence-corrected chi connectivity index (χ2v) is 4.82. The van der Waals surface area contributed by atoms with Crippen LogP contribution in [0.15, 0.2) is 24.5 Å². The van der Waals surface area contributed by atoms with Crippen LogP contribution in [0.5, 0.6) is 11.6 Å². The molecule has 0 aliphatic heterocycles. The molecule has 5 nitrogen and oxygen atoms in total. The lowest BCUT2D eigenvalue weighted by Crippen LogP contribution is -2.22. The van der Waals surface area contributed by atoms with Crippen molar-refractivity contribution in [2.45, 2.75) is 33.4 Å². The molecule has 0 bridgehead atoms. The highest BCUT2D eigenvalue weighted by molar-refractivity contribution is 5.34. The van der Waals surface area contributed by atoms with Crippen molar-refractivity contribution in [1.82, 2.24) is 20.1 Å². The molecule has 5 heteroatoms. The van der Waals surface area contributed by atoms with Gasteiger partial charge in [0.05, 0.1) is 17.5 Å². The minimum absolute atomic E-state index is 0.422. The van der Waals surface area contributed by atoms with Crippen molar-refractivity contribution in [3.63, 3.8) is 0 Å². The summed E-state index contributed by atoms with van der Waals surface area (Å²) in [6, 6.07) is 4.16. The predicted octanol–water partition coefficient (Wildman–Crippen LogP) is 2.41. The van der Waals surface area contributed by atoms with E-state index >= 15 is 0 Å². The van der Waals surface area contributed by atoms with Crippen LogP contribution >= 0.6 is 0 Å². The molecule has 0 saturated heterocycles. The average molecular weight is 260 g/mol. The van der Waals surface area contributed by atoms with E-state index in [0.29, 0.717) is 6.04 Å². The molecule has 2 rings (SSSR count). The van der Waals surface area contributed by atoms with Gasteiger partial charge in [-0.15, -0.1) is 0 Å². The summed E-state index contributed by atoms with van der Waals surface area (Å²) < 4.78 is 7.65. The lowest BCUT2D eigenvalue weighted by Gasteiger charge is -2.11. The standard InChI is InChI=1S/C14H20N4O/c1-10(2)16-9-13-11(3)17-18(4)14(13)19-12-6-5-7-15-8-12/h5-8,10,16H,9H2,1-4H3. The Morgan fingerprint density at radius 1 is 1.42 bits per heavy atom. The number of aryl methyl sites for hydroxylation is 2. The van der Waals surface area contributed by atoms with E-state index in [1.54, 1.807) is 17.1 Å². The summed E-state index contributed by atoms with van der Waals surface area (Å²) in [5.41, 5.74) is 2.06. The molecular weight excluding hydrogens is 240 g/mol. The van der Waals surface area contributed by atoms with E-state index in [-0.39, 0.29) is 0 Å². The predicted molar refractivity (Wildman–Crippen MR) is 74.2 cm³/mol. The van der Waals surface area contributed by atoms with Crippen molar-refractivity contribution in [2.75, 3.05) is 0 Å². The maximum Gasteiger partial charge on any atom is 0.222 e. The van der Waals surface area contributed by atoms with E-state index < -0.39 is 0 Å². The molecule has 2 heterocycles. The number of aromatic nitrogens is 3. The second-order valence-electron chi connectivity index (χ2n) is 4.82. The first-order chi connectivity index (χ1) is 9.08. The summed E-state index contributed by atoms with van der Waals surface area (Å²) in [4.78, 5) is 4.05. The van der Waals surface area contributed by atoms with Gasteiger partial charge in [-0.05, 0) is 19.1 Å². The van der Waals surface area contributed by atoms with Gasteiger partial charge in [0.25, 0.3) is 0 Å². The van der Waals surface area contributed by atoms with Gasteiger partial charge in [0.2, 0.25) is 5.88 Å². The molecule has 0 aliphatic rings. The van der Waals surface area contributed by atoms with Gasteiger partial charge in [-0.3, -0.25) is 4.98 Å². The number of nitrogens with one attached hydrogen (secondary N) is 1. The highest BCUT2D eigenvalue weighted by atomic mass is 16.5. The smallest absolute Gasteiger partial charge is 0.222 e. The molecule has 0 aliphatic carbocycles. The summed E-state index contributed by atoms with van der Waals surface area (Å²) in [6.07, 6.45) is 3.42. The van der Waals surface area contributed by atoms with Gasteiger partial charge in [0, 0.05) is 25.8 Å². The van der Waals surface area contributed by atoms with Crippen LogP contribution in [-0.4, -0.2) is 20.8 Å². The fourth-order valence-corrected chi connectivity index (χ4v) is 1.84.